The normalized spacial score (nSPS) is 18.2. The van der Waals surface area contributed by atoms with Crippen LogP contribution in [0.5, 0.6) is 0 Å². The molecule has 1 atom stereocenters. The lowest BCUT2D eigenvalue weighted by atomic mass is 9.89. The van der Waals surface area contributed by atoms with Crippen molar-refractivity contribution in [3.63, 3.8) is 0 Å². The second-order valence-electron chi connectivity index (χ2n) is 9.34. The van der Waals surface area contributed by atoms with Gasteiger partial charge in [0.25, 0.3) is 0 Å². The van der Waals surface area contributed by atoms with E-state index < -0.39 is 5.60 Å². The number of nitrogens with one attached hydrogen (secondary N) is 2. The summed E-state index contributed by atoms with van der Waals surface area (Å²) >= 11 is 0. The van der Waals surface area contributed by atoms with Crippen molar-refractivity contribution in [2.24, 2.45) is 16.3 Å². The van der Waals surface area contributed by atoms with Crippen molar-refractivity contribution in [2.45, 2.75) is 66.1 Å². The Labute approximate surface area is 165 Å². The van der Waals surface area contributed by atoms with Crippen LogP contribution in [0, 0.1) is 11.3 Å². The van der Waals surface area contributed by atoms with Crippen LogP contribution < -0.4 is 10.6 Å². The molecule has 0 aromatic carbocycles. The number of likely N-dealkylation sites (tertiary alicyclic amines) is 1. The number of aliphatic imine (C=N–C) groups is 1. The fraction of sp³-hybridized carbons (Fsp3) is 0.900. The molecule has 7 heteroatoms. The average molecular weight is 385 g/mol. The maximum absolute atomic E-state index is 12.1. The first-order chi connectivity index (χ1) is 12.5. The van der Waals surface area contributed by atoms with Gasteiger partial charge in [-0.2, -0.15) is 0 Å². The number of hydrogen-bond acceptors (Lipinski definition) is 4. The standard InChI is InChI=1S/C20H40N4O3/c1-19(2,3)16(26-8)14-23-17(21-7)22-13-15-9-11-24(12-10-15)18(25)27-20(4,5)6/h15-16H,9-14H2,1-8H3,(H2,21,22,23). The molecule has 1 amide bonds. The van der Waals surface area contributed by atoms with E-state index in [9.17, 15) is 4.79 Å². The predicted octanol–water partition coefficient (Wildman–Crippen LogP) is 2.86. The molecular weight excluding hydrogens is 344 g/mol. The molecular formula is C20H40N4O3. The highest BCUT2D eigenvalue weighted by Crippen LogP contribution is 2.21. The second kappa shape index (κ2) is 10.2. The Balaban J connectivity index is 2.36. The molecule has 7 nitrogen and oxygen atoms in total. The zero-order valence-corrected chi connectivity index (χ0v) is 18.5. The molecule has 0 radical (unpaired) electrons. The van der Waals surface area contributed by atoms with E-state index in [1.807, 2.05) is 20.8 Å². The van der Waals surface area contributed by atoms with Crippen molar-refractivity contribution in [2.75, 3.05) is 40.3 Å². The van der Waals surface area contributed by atoms with Gasteiger partial charge in [-0.15, -0.1) is 0 Å². The minimum atomic E-state index is -0.444. The molecule has 0 saturated carbocycles. The van der Waals surface area contributed by atoms with Gasteiger partial charge in [0.05, 0.1) is 6.10 Å². The molecule has 0 aromatic rings. The van der Waals surface area contributed by atoms with Gasteiger partial charge in [-0.05, 0) is 44.9 Å². The van der Waals surface area contributed by atoms with Crippen LogP contribution in [0.4, 0.5) is 4.79 Å². The summed E-state index contributed by atoms with van der Waals surface area (Å²) < 4.78 is 11.0. The van der Waals surface area contributed by atoms with E-state index in [0.29, 0.717) is 12.5 Å². The number of nitrogens with zero attached hydrogens (tertiary/aromatic N) is 2. The number of piperidine rings is 1. The fourth-order valence-corrected chi connectivity index (χ4v) is 3.04. The topological polar surface area (TPSA) is 75.2 Å². The van der Waals surface area contributed by atoms with Crippen molar-refractivity contribution in [1.82, 2.24) is 15.5 Å². The van der Waals surface area contributed by atoms with Crippen molar-refractivity contribution in [1.29, 1.82) is 0 Å². The van der Waals surface area contributed by atoms with Gasteiger partial charge in [0, 0.05) is 40.3 Å². The monoisotopic (exact) mass is 384 g/mol. The Kier molecular flexibility index (Phi) is 8.85. The number of ether oxygens (including phenoxy) is 2. The van der Waals surface area contributed by atoms with Crippen molar-refractivity contribution in [3.05, 3.63) is 0 Å². The lowest BCUT2D eigenvalue weighted by Crippen LogP contribution is -2.47. The molecule has 27 heavy (non-hydrogen) atoms. The van der Waals surface area contributed by atoms with Crippen LogP contribution in [0.25, 0.3) is 0 Å². The van der Waals surface area contributed by atoms with Crippen LogP contribution in [-0.2, 0) is 9.47 Å². The number of carbonyl (C=O) groups is 1. The van der Waals surface area contributed by atoms with E-state index in [1.54, 1.807) is 19.1 Å². The molecule has 1 rings (SSSR count). The summed E-state index contributed by atoms with van der Waals surface area (Å²) in [6, 6.07) is 0. The number of hydrogen-bond donors (Lipinski definition) is 2. The summed E-state index contributed by atoms with van der Waals surface area (Å²) in [5.74, 6) is 1.30. The third kappa shape index (κ3) is 8.82. The maximum atomic E-state index is 12.1. The maximum Gasteiger partial charge on any atom is 0.410 e. The van der Waals surface area contributed by atoms with E-state index >= 15 is 0 Å². The molecule has 1 aliphatic heterocycles. The van der Waals surface area contributed by atoms with E-state index in [0.717, 1.165) is 38.4 Å². The summed E-state index contributed by atoms with van der Waals surface area (Å²) in [6.45, 7) is 15.2. The molecule has 1 unspecified atom stereocenters. The van der Waals surface area contributed by atoms with Gasteiger partial charge < -0.3 is 25.0 Å². The Hall–Kier alpha value is -1.50. The number of amides is 1. The van der Waals surface area contributed by atoms with Crippen LogP contribution in [-0.4, -0.2) is 69.0 Å². The zero-order valence-electron chi connectivity index (χ0n) is 18.5. The summed E-state index contributed by atoms with van der Waals surface area (Å²) in [5, 5.41) is 6.75. The summed E-state index contributed by atoms with van der Waals surface area (Å²) in [4.78, 5) is 18.2. The second-order valence-corrected chi connectivity index (χ2v) is 9.34. The third-order valence-corrected chi connectivity index (χ3v) is 4.75. The Morgan fingerprint density at radius 2 is 1.74 bits per heavy atom. The molecule has 0 aliphatic carbocycles. The highest BCUT2D eigenvalue weighted by Gasteiger charge is 2.27. The van der Waals surface area contributed by atoms with Crippen molar-refractivity contribution >= 4 is 12.1 Å². The highest BCUT2D eigenvalue weighted by atomic mass is 16.6. The van der Waals surface area contributed by atoms with Crippen LogP contribution in [0.15, 0.2) is 4.99 Å². The van der Waals surface area contributed by atoms with Gasteiger partial charge >= 0.3 is 6.09 Å². The van der Waals surface area contributed by atoms with Crippen LogP contribution in [0.2, 0.25) is 0 Å². The Bertz CT molecular complexity index is 486. The number of guanidine groups is 1. The first-order valence-corrected chi connectivity index (χ1v) is 9.91. The highest BCUT2D eigenvalue weighted by molar-refractivity contribution is 5.79. The van der Waals surface area contributed by atoms with E-state index in [-0.39, 0.29) is 17.6 Å². The summed E-state index contributed by atoms with van der Waals surface area (Å²) in [6.07, 6.45) is 1.82. The van der Waals surface area contributed by atoms with Gasteiger partial charge in [0.2, 0.25) is 0 Å². The van der Waals surface area contributed by atoms with Crippen LogP contribution in [0.1, 0.15) is 54.4 Å². The van der Waals surface area contributed by atoms with Crippen LogP contribution >= 0.6 is 0 Å². The first-order valence-electron chi connectivity index (χ1n) is 9.91. The molecule has 158 valence electrons. The molecule has 0 aromatic heterocycles. The molecule has 1 heterocycles. The van der Waals surface area contributed by atoms with Gasteiger partial charge in [-0.1, -0.05) is 20.8 Å². The smallest absolute Gasteiger partial charge is 0.410 e. The first kappa shape index (κ1) is 23.5. The van der Waals surface area contributed by atoms with E-state index in [4.69, 9.17) is 9.47 Å². The van der Waals surface area contributed by atoms with Gasteiger partial charge in [0.1, 0.15) is 5.60 Å². The third-order valence-electron chi connectivity index (χ3n) is 4.75. The quantitative estimate of drug-likeness (QED) is 0.563. The Morgan fingerprint density at radius 3 is 2.19 bits per heavy atom. The lowest BCUT2D eigenvalue weighted by molar-refractivity contribution is 0.0184. The zero-order chi connectivity index (χ0) is 20.7. The molecule has 0 bridgehead atoms. The van der Waals surface area contributed by atoms with Crippen LogP contribution in [0.3, 0.4) is 0 Å². The van der Waals surface area contributed by atoms with Crippen molar-refractivity contribution in [3.8, 4) is 0 Å². The SMILES string of the molecule is CN=C(NCC1CCN(C(=O)OC(C)(C)C)CC1)NCC(OC)C(C)(C)C. The average Bonchev–Trinajstić information content (AvgIpc) is 2.55. The fourth-order valence-electron chi connectivity index (χ4n) is 3.04. The van der Waals surface area contributed by atoms with Gasteiger partial charge in [0.15, 0.2) is 5.96 Å². The Morgan fingerprint density at radius 1 is 1.15 bits per heavy atom. The molecule has 1 aliphatic rings. The number of rotatable bonds is 5. The molecule has 2 N–H and O–H groups in total. The minimum Gasteiger partial charge on any atom is -0.444 e. The van der Waals surface area contributed by atoms with E-state index in [1.165, 1.54) is 0 Å². The minimum absolute atomic E-state index is 0.0646. The number of carbonyl (C=O) groups excluding carboxylic acids is 1. The van der Waals surface area contributed by atoms with E-state index in [2.05, 4.69) is 36.4 Å². The largest absolute Gasteiger partial charge is 0.444 e. The lowest BCUT2D eigenvalue weighted by Gasteiger charge is -2.34. The predicted molar refractivity (Wildman–Crippen MR) is 110 cm³/mol. The molecule has 0 spiro atoms. The molecule has 1 fully saturated rings. The summed E-state index contributed by atoms with van der Waals surface area (Å²) in [5.41, 5.74) is -0.379. The summed E-state index contributed by atoms with van der Waals surface area (Å²) in [7, 11) is 3.52. The van der Waals surface area contributed by atoms with Gasteiger partial charge in [-0.3, -0.25) is 4.99 Å². The van der Waals surface area contributed by atoms with Crippen molar-refractivity contribution < 1.29 is 14.3 Å². The number of methoxy groups -OCH3 is 1. The molecule has 1 saturated heterocycles. The van der Waals surface area contributed by atoms with Gasteiger partial charge in [-0.25, -0.2) is 4.79 Å².